The monoisotopic (exact) mass is 556 g/mol. The number of rotatable bonds is 8. The molecule has 3 aromatic carbocycles. The molecule has 0 saturated heterocycles. The van der Waals surface area contributed by atoms with Crippen LogP contribution in [0.25, 0.3) is 22.0 Å². The van der Waals surface area contributed by atoms with E-state index in [0.717, 1.165) is 27.6 Å². The third-order valence-corrected chi connectivity index (χ3v) is 6.85. The standard InChI is InChI=1S/C31H26ClFN4O3/c1-34-31(40)20-5-2-4-19(13-20)25-6-3-9-35-30(25)28(12-18-10-22(32)15-23(33)11-18)37-29(39)14-21-17-36-27-8-7-24(38)16-26(21)27/h2-11,13,15-17,28,36,38H,12,14H2,1H3,(H,34,40)(H,37,39)/t28-/m0/s1. The lowest BCUT2D eigenvalue weighted by molar-refractivity contribution is -0.121. The van der Waals surface area contributed by atoms with E-state index in [1.165, 1.54) is 12.1 Å². The molecule has 0 spiro atoms. The largest absolute Gasteiger partial charge is 0.508 e. The van der Waals surface area contributed by atoms with Crippen LogP contribution in [0, 0.1) is 5.82 Å². The number of nitrogens with zero attached hydrogens (tertiary/aromatic N) is 1. The van der Waals surface area contributed by atoms with Gasteiger partial charge in [-0.2, -0.15) is 0 Å². The Kier molecular flexibility index (Phi) is 7.79. The summed E-state index contributed by atoms with van der Waals surface area (Å²) in [4.78, 5) is 33.4. The number of carbonyl (C=O) groups excluding carboxylic acids is 2. The van der Waals surface area contributed by atoms with Crippen LogP contribution in [0.3, 0.4) is 0 Å². The van der Waals surface area contributed by atoms with E-state index in [0.29, 0.717) is 16.8 Å². The van der Waals surface area contributed by atoms with Crippen molar-refractivity contribution in [2.45, 2.75) is 18.9 Å². The first-order valence-electron chi connectivity index (χ1n) is 12.6. The van der Waals surface area contributed by atoms with Crippen LogP contribution < -0.4 is 10.6 Å². The number of aromatic nitrogens is 2. The topological polar surface area (TPSA) is 107 Å². The Balaban J connectivity index is 1.51. The summed E-state index contributed by atoms with van der Waals surface area (Å²) in [6, 6.07) is 19.3. The van der Waals surface area contributed by atoms with Crippen molar-refractivity contribution in [2.75, 3.05) is 7.05 Å². The van der Waals surface area contributed by atoms with Crippen LogP contribution in [0.1, 0.15) is 33.2 Å². The number of carbonyl (C=O) groups is 2. The summed E-state index contributed by atoms with van der Waals surface area (Å²) < 4.78 is 14.2. The van der Waals surface area contributed by atoms with Gasteiger partial charge in [0, 0.05) is 46.5 Å². The number of aromatic amines is 1. The zero-order chi connectivity index (χ0) is 28.2. The Bertz CT molecular complexity index is 1700. The predicted molar refractivity (Wildman–Crippen MR) is 153 cm³/mol. The summed E-state index contributed by atoms with van der Waals surface area (Å²) in [5.41, 5.74) is 4.61. The van der Waals surface area contributed by atoms with Crippen molar-refractivity contribution in [2.24, 2.45) is 0 Å². The molecular formula is C31H26ClFN4O3. The first-order chi connectivity index (χ1) is 19.3. The molecule has 0 fully saturated rings. The zero-order valence-corrected chi connectivity index (χ0v) is 22.3. The number of phenols is 1. The van der Waals surface area contributed by atoms with Crippen LogP contribution in [0.5, 0.6) is 5.75 Å². The lowest BCUT2D eigenvalue weighted by Crippen LogP contribution is -2.32. The molecule has 7 nitrogen and oxygen atoms in total. The van der Waals surface area contributed by atoms with E-state index in [2.05, 4.69) is 20.6 Å². The summed E-state index contributed by atoms with van der Waals surface area (Å²) >= 11 is 6.13. The second kappa shape index (κ2) is 11.6. The number of aromatic hydroxyl groups is 1. The zero-order valence-electron chi connectivity index (χ0n) is 21.5. The number of halogens is 2. The van der Waals surface area contributed by atoms with Crippen molar-refractivity contribution in [1.29, 1.82) is 0 Å². The highest BCUT2D eigenvalue weighted by Gasteiger charge is 2.22. The van der Waals surface area contributed by atoms with E-state index in [1.54, 1.807) is 68.0 Å². The molecule has 2 heterocycles. The Hall–Kier alpha value is -4.69. The fraction of sp³-hybridized carbons (Fsp3) is 0.129. The fourth-order valence-electron chi connectivity index (χ4n) is 4.82. The van der Waals surface area contributed by atoms with Gasteiger partial charge in [-0.1, -0.05) is 29.8 Å². The van der Waals surface area contributed by atoms with Crippen LogP contribution in [-0.2, 0) is 17.6 Å². The van der Waals surface area contributed by atoms with Crippen molar-refractivity contribution in [3.05, 3.63) is 118 Å². The Morgan fingerprint density at radius 1 is 1.07 bits per heavy atom. The van der Waals surface area contributed by atoms with Crippen molar-refractivity contribution in [1.82, 2.24) is 20.6 Å². The number of amides is 2. The first kappa shape index (κ1) is 26.9. The van der Waals surface area contributed by atoms with Gasteiger partial charge in [-0.05, 0) is 77.7 Å². The summed E-state index contributed by atoms with van der Waals surface area (Å²) in [5, 5.41) is 16.6. The Labute approximate surface area is 235 Å². The number of nitrogens with one attached hydrogen (secondary N) is 3. The van der Waals surface area contributed by atoms with Gasteiger partial charge in [0.2, 0.25) is 5.91 Å². The molecule has 0 bridgehead atoms. The third-order valence-electron chi connectivity index (χ3n) is 6.63. The van der Waals surface area contributed by atoms with Crippen LogP contribution in [-0.4, -0.2) is 33.9 Å². The quantitative estimate of drug-likeness (QED) is 0.196. The average Bonchev–Trinajstić information content (AvgIpc) is 3.33. The minimum Gasteiger partial charge on any atom is -0.508 e. The smallest absolute Gasteiger partial charge is 0.251 e. The van der Waals surface area contributed by atoms with E-state index in [-0.39, 0.29) is 35.4 Å². The molecule has 5 aromatic rings. The van der Waals surface area contributed by atoms with Gasteiger partial charge < -0.3 is 20.7 Å². The summed E-state index contributed by atoms with van der Waals surface area (Å²) in [6.07, 6.45) is 3.62. The number of phenolic OH excluding ortho intramolecular Hbond substituents is 1. The molecular weight excluding hydrogens is 531 g/mol. The van der Waals surface area contributed by atoms with Gasteiger partial charge in [-0.3, -0.25) is 14.6 Å². The van der Waals surface area contributed by atoms with Gasteiger partial charge in [-0.25, -0.2) is 4.39 Å². The Morgan fingerprint density at radius 2 is 1.93 bits per heavy atom. The van der Waals surface area contributed by atoms with Crippen LogP contribution in [0.4, 0.5) is 4.39 Å². The molecule has 202 valence electrons. The van der Waals surface area contributed by atoms with E-state index < -0.39 is 11.9 Å². The van der Waals surface area contributed by atoms with E-state index in [4.69, 9.17) is 11.6 Å². The van der Waals surface area contributed by atoms with E-state index in [9.17, 15) is 19.1 Å². The second-order valence-electron chi connectivity index (χ2n) is 9.42. The number of benzene rings is 3. The summed E-state index contributed by atoms with van der Waals surface area (Å²) in [5.74, 6) is -0.888. The van der Waals surface area contributed by atoms with Gasteiger partial charge in [0.15, 0.2) is 0 Å². The molecule has 0 aliphatic rings. The van der Waals surface area contributed by atoms with Crippen molar-refractivity contribution in [3.63, 3.8) is 0 Å². The molecule has 2 aromatic heterocycles. The molecule has 1 atom stereocenters. The average molecular weight is 557 g/mol. The van der Waals surface area contributed by atoms with Crippen molar-refractivity contribution in [3.8, 4) is 16.9 Å². The molecule has 5 rings (SSSR count). The maximum absolute atomic E-state index is 14.2. The van der Waals surface area contributed by atoms with Gasteiger partial charge >= 0.3 is 0 Å². The summed E-state index contributed by atoms with van der Waals surface area (Å²) in [6.45, 7) is 0. The highest BCUT2D eigenvalue weighted by atomic mass is 35.5. The molecule has 2 amide bonds. The van der Waals surface area contributed by atoms with Crippen LogP contribution >= 0.6 is 11.6 Å². The predicted octanol–water partition coefficient (Wildman–Crippen LogP) is 5.73. The normalized spacial score (nSPS) is 11.8. The third kappa shape index (κ3) is 5.97. The number of hydrogen-bond acceptors (Lipinski definition) is 4. The van der Waals surface area contributed by atoms with Gasteiger partial charge in [0.05, 0.1) is 18.2 Å². The molecule has 0 aliphatic heterocycles. The number of H-pyrrole nitrogens is 1. The fourth-order valence-corrected chi connectivity index (χ4v) is 5.07. The Morgan fingerprint density at radius 3 is 2.73 bits per heavy atom. The highest BCUT2D eigenvalue weighted by molar-refractivity contribution is 6.30. The molecule has 4 N–H and O–H groups in total. The number of fused-ring (bicyclic) bond motifs is 1. The maximum Gasteiger partial charge on any atom is 0.251 e. The molecule has 0 unspecified atom stereocenters. The molecule has 0 saturated carbocycles. The van der Waals surface area contributed by atoms with Crippen LogP contribution in [0.15, 0.2) is 85.2 Å². The molecule has 0 aliphatic carbocycles. The first-order valence-corrected chi connectivity index (χ1v) is 13.0. The lowest BCUT2D eigenvalue weighted by Gasteiger charge is -2.22. The van der Waals surface area contributed by atoms with Crippen molar-refractivity contribution < 1.29 is 19.1 Å². The van der Waals surface area contributed by atoms with Crippen LogP contribution in [0.2, 0.25) is 5.02 Å². The molecule has 0 radical (unpaired) electrons. The second-order valence-corrected chi connectivity index (χ2v) is 9.86. The van der Waals surface area contributed by atoms with E-state index >= 15 is 0 Å². The minimum atomic E-state index is -0.649. The van der Waals surface area contributed by atoms with Crippen molar-refractivity contribution >= 4 is 34.3 Å². The lowest BCUT2D eigenvalue weighted by atomic mass is 9.94. The van der Waals surface area contributed by atoms with Gasteiger partial charge in [0.1, 0.15) is 11.6 Å². The minimum absolute atomic E-state index is 0.0399. The molecule has 40 heavy (non-hydrogen) atoms. The van der Waals surface area contributed by atoms with E-state index in [1.807, 2.05) is 12.1 Å². The van der Waals surface area contributed by atoms with Gasteiger partial charge in [0.25, 0.3) is 5.91 Å². The number of hydrogen-bond donors (Lipinski definition) is 4. The maximum atomic E-state index is 14.2. The van der Waals surface area contributed by atoms with Gasteiger partial charge in [-0.15, -0.1) is 0 Å². The summed E-state index contributed by atoms with van der Waals surface area (Å²) in [7, 11) is 1.56. The number of pyridine rings is 1. The SMILES string of the molecule is CNC(=O)c1cccc(-c2cccnc2[C@H](Cc2cc(F)cc(Cl)c2)NC(=O)Cc2c[nH]c3ccc(O)cc23)c1. The highest BCUT2D eigenvalue weighted by Crippen LogP contribution is 2.31. The molecule has 9 heteroatoms.